The molecule has 1 amide bonds. The Labute approximate surface area is 171 Å². The second kappa shape index (κ2) is 9.06. The lowest BCUT2D eigenvalue weighted by Gasteiger charge is -2.17. The van der Waals surface area contributed by atoms with Gasteiger partial charge in [-0.2, -0.15) is 5.10 Å². The summed E-state index contributed by atoms with van der Waals surface area (Å²) in [5.74, 6) is 0.381. The number of rotatable bonds is 7. The molecule has 0 spiro atoms. The molecule has 0 bridgehead atoms. The summed E-state index contributed by atoms with van der Waals surface area (Å²) in [4.78, 5) is 12.4. The molecular formula is C20H19BrClN3O2. The van der Waals surface area contributed by atoms with Crippen LogP contribution in [0.25, 0.3) is 0 Å². The standard InChI is InChI=1S/C20H19BrClN3O2/c1-14(27-19-8-7-17(22)11-18(19)21)20(26)23-12-15-5-2-3-6-16(15)13-25-10-4-9-24-25/h2-11,14H,12-13H2,1H3,(H,23,26). The van der Waals surface area contributed by atoms with E-state index in [1.807, 2.05) is 41.2 Å². The number of aromatic nitrogens is 2. The van der Waals surface area contributed by atoms with E-state index in [4.69, 9.17) is 16.3 Å². The van der Waals surface area contributed by atoms with Crippen molar-refractivity contribution in [3.05, 3.63) is 81.5 Å². The van der Waals surface area contributed by atoms with Crippen LogP contribution in [0.2, 0.25) is 5.02 Å². The molecule has 0 aliphatic rings. The molecule has 3 rings (SSSR count). The van der Waals surface area contributed by atoms with Crippen LogP contribution in [-0.2, 0) is 17.9 Å². The third-order valence-electron chi connectivity index (χ3n) is 4.03. The molecular weight excluding hydrogens is 430 g/mol. The van der Waals surface area contributed by atoms with Gasteiger partial charge >= 0.3 is 0 Å². The SMILES string of the molecule is CC(Oc1ccc(Cl)cc1Br)C(=O)NCc1ccccc1Cn1cccn1. The van der Waals surface area contributed by atoms with Gasteiger partial charge in [0.25, 0.3) is 5.91 Å². The van der Waals surface area contributed by atoms with E-state index in [9.17, 15) is 4.79 Å². The zero-order valence-electron chi connectivity index (χ0n) is 14.7. The minimum atomic E-state index is -0.638. The molecule has 0 fully saturated rings. The van der Waals surface area contributed by atoms with Crippen LogP contribution in [-0.4, -0.2) is 21.8 Å². The highest BCUT2D eigenvalue weighted by Crippen LogP contribution is 2.28. The zero-order valence-corrected chi connectivity index (χ0v) is 17.1. The molecule has 0 aliphatic carbocycles. The minimum absolute atomic E-state index is 0.189. The zero-order chi connectivity index (χ0) is 19.2. The first-order valence-corrected chi connectivity index (χ1v) is 9.63. The van der Waals surface area contributed by atoms with E-state index in [0.29, 0.717) is 28.3 Å². The molecule has 0 aliphatic heterocycles. The van der Waals surface area contributed by atoms with Gasteiger partial charge in [-0.3, -0.25) is 9.48 Å². The summed E-state index contributed by atoms with van der Waals surface area (Å²) in [6.45, 7) is 2.79. The van der Waals surface area contributed by atoms with Gasteiger partial charge in [0, 0.05) is 24.0 Å². The maximum absolute atomic E-state index is 12.4. The summed E-state index contributed by atoms with van der Waals surface area (Å²) in [6.07, 6.45) is 3.02. The molecule has 0 saturated heterocycles. The van der Waals surface area contributed by atoms with E-state index >= 15 is 0 Å². The average molecular weight is 449 g/mol. The van der Waals surface area contributed by atoms with Gasteiger partial charge in [-0.05, 0) is 58.2 Å². The topological polar surface area (TPSA) is 56.1 Å². The van der Waals surface area contributed by atoms with Gasteiger partial charge in [-0.25, -0.2) is 0 Å². The van der Waals surface area contributed by atoms with Crippen molar-refractivity contribution >= 4 is 33.4 Å². The van der Waals surface area contributed by atoms with E-state index in [-0.39, 0.29) is 5.91 Å². The van der Waals surface area contributed by atoms with Gasteiger partial charge in [0.1, 0.15) is 5.75 Å². The molecule has 27 heavy (non-hydrogen) atoms. The molecule has 1 unspecified atom stereocenters. The van der Waals surface area contributed by atoms with Gasteiger partial charge in [0.15, 0.2) is 6.10 Å². The summed E-state index contributed by atoms with van der Waals surface area (Å²) < 4.78 is 8.29. The maximum Gasteiger partial charge on any atom is 0.261 e. The first-order chi connectivity index (χ1) is 13.0. The molecule has 1 atom stereocenters. The summed E-state index contributed by atoms with van der Waals surface area (Å²) in [6, 6.07) is 15.0. The van der Waals surface area contributed by atoms with Crippen LogP contribution in [0.15, 0.2) is 65.4 Å². The second-order valence-electron chi connectivity index (χ2n) is 6.02. The number of hydrogen-bond donors (Lipinski definition) is 1. The van der Waals surface area contributed by atoms with Crippen LogP contribution in [0.3, 0.4) is 0 Å². The van der Waals surface area contributed by atoms with E-state index in [1.165, 1.54) is 0 Å². The highest BCUT2D eigenvalue weighted by Gasteiger charge is 2.16. The molecule has 1 N–H and O–H groups in total. The summed E-state index contributed by atoms with van der Waals surface area (Å²) >= 11 is 9.32. The predicted octanol–water partition coefficient (Wildman–Crippen LogP) is 4.43. The van der Waals surface area contributed by atoms with Crippen LogP contribution in [0, 0.1) is 0 Å². The molecule has 0 saturated carbocycles. The highest BCUT2D eigenvalue weighted by atomic mass is 79.9. The van der Waals surface area contributed by atoms with Gasteiger partial charge in [0.05, 0.1) is 11.0 Å². The Balaban J connectivity index is 1.60. The summed E-state index contributed by atoms with van der Waals surface area (Å²) in [7, 11) is 0. The highest BCUT2D eigenvalue weighted by molar-refractivity contribution is 9.10. The number of nitrogens with zero attached hydrogens (tertiary/aromatic N) is 2. The number of carbonyl (C=O) groups excluding carboxylic acids is 1. The van der Waals surface area contributed by atoms with Gasteiger partial charge in [0.2, 0.25) is 0 Å². The molecule has 1 heterocycles. The molecule has 5 nitrogen and oxygen atoms in total. The van der Waals surface area contributed by atoms with Crippen molar-refractivity contribution in [2.75, 3.05) is 0 Å². The van der Waals surface area contributed by atoms with Gasteiger partial charge in [-0.1, -0.05) is 35.9 Å². The van der Waals surface area contributed by atoms with Gasteiger partial charge < -0.3 is 10.1 Å². The number of halogens is 2. The first kappa shape index (κ1) is 19.5. The minimum Gasteiger partial charge on any atom is -0.480 e. The largest absolute Gasteiger partial charge is 0.480 e. The first-order valence-electron chi connectivity index (χ1n) is 8.46. The third kappa shape index (κ3) is 5.34. The Morgan fingerprint density at radius 3 is 2.74 bits per heavy atom. The lowest BCUT2D eigenvalue weighted by atomic mass is 10.1. The fraction of sp³-hybridized carbons (Fsp3) is 0.200. The van der Waals surface area contributed by atoms with Crippen LogP contribution in [0.4, 0.5) is 0 Å². The third-order valence-corrected chi connectivity index (χ3v) is 4.88. The number of amides is 1. The fourth-order valence-electron chi connectivity index (χ4n) is 2.59. The molecule has 3 aromatic rings. The lowest BCUT2D eigenvalue weighted by molar-refractivity contribution is -0.127. The van der Waals surface area contributed by atoms with E-state index in [1.54, 1.807) is 31.3 Å². The lowest BCUT2D eigenvalue weighted by Crippen LogP contribution is -2.36. The van der Waals surface area contributed by atoms with Crippen molar-refractivity contribution in [1.29, 1.82) is 0 Å². The normalized spacial score (nSPS) is 11.8. The molecule has 140 valence electrons. The Morgan fingerprint density at radius 1 is 1.26 bits per heavy atom. The molecule has 2 aromatic carbocycles. The molecule has 0 radical (unpaired) electrons. The van der Waals surface area contributed by atoms with Crippen LogP contribution in [0.1, 0.15) is 18.1 Å². The van der Waals surface area contributed by atoms with Gasteiger partial charge in [-0.15, -0.1) is 0 Å². The number of benzene rings is 2. The average Bonchev–Trinajstić information content (AvgIpc) is 3.16. The number of nitrogens with one attached hydrogen (secondary N) is 1. The Morgan fingerprint density at radius 2 is 2.04 bits per heavy atom. The van der Waals surface area contributed by atoms with Crippen molar-refractivity contribution in [3.8, 4) is 5.75 Å². The quantitative estimate of drug-likeness (QED) is 0.582. The monoisotopic (exact) mass is 447 g/mol. The Bertz CT molecular complexity index is 915. The van der Waals surface area contributed by atoms with E-state index in [0.717, 1.165) is 11.1 Å². The Hall–Kier alpha value is -2.31. The molecule has 7 heteroatoms. The van der Waals surface area contributed by atoms with Crippen molar-refractivity contribution in [2.45, 2.75) is 26.1 Å². The summed E-state index contributed by atoms with van der Waals surface area (Å²) in [5, 5.41) is 7.76. The Kier molecular flexibility index (Phi) is 6.53. The molecule has 1 aromatic heterocycles. The maximum atomic E-state index is 12.4. The van der Waals surface area contributed by atoms with Crippen LogP contribution in [0.5, 0.6) is 5.75 Å². The van der Waals surface area contributed by atoms with Crippen molar-refractivity contribution in [3.63, 3.8) is 0 Å². The predicted molar refractivity (Wildman–Crippen MR) is 109 cm³/mol. The smallest absolute Gasteiger partial charge is 0.261 e. The number of ether oxygens (including phenoxy) is 1. The number of hydrogen-bond acceptors (Lipinski definition) is 3. The number of carbonyl (C=O) groups is 1. The van der Waals surface area contributed by atoms with Crippen molar-refractivity contribution in [2.24, 2.45) is 0 Å². The summed E-state index contributed by atoms with van der Waals surface area (Å²) in [5.41, 5.74) is 2.15. The van der Waals surface area contributed by atoms with Crippen LogP contribution < -0.4 is 10.1 Å². The van der Waals surface area contributed by atoms with Crippen LogP contribution >= 0.6 is 27.5 Å². The van der Waals surface area contributed by atoms with Crippen molar-refractivity contribution < 1.29 is 9.53 Å². The van der Waals surface area contributed by atoms with E-state index < -0.39 is 6.10 Å². The van der Waals surface area contributed by atoms with E-state index in [2.05, 4.69) is 26.3 Å². The second-order valence-corrected chi connectivity index (χ2v) is 7.32. The van der Waals surface area contributed by atoms with Crippen molar-refractivity contribution in [1.82, 2.24) is 15.1 Å². The fourth-order valence-corrected chi connectivity index (χ4v) is 3.37.